The molecule has 0 spiro atoms. The fourth-order valence-electron chi connectivity index (χ4n) is 3.64. The summed E-state index contributed by atoms with van der Waals surface area (Å²) >= 11 is 1.74. The van der Waals surface area contributed by atoms with Crippen LogP contribution in [0.2, 0.25) is 0 Å². The summed E-state index contributed by atoms with van der Waals surface area (Å²) in [6.07, 6.45) is 8.83. The van der Waals surface area contributed by atoms with Crippen LogP contribution in [0.4, 0.5) is 11.4 Å². The van der Waals surface area contributed by atoms with Crippen LogP contribution in [0.25, 0.3) is 0 Å². The monoisotopic (exact) mass is 417 g/mol. The first-order valence-corrected chi connectivity index (χ1v) is 11.5. The molecule has 1 aliphatic heterocycles. The zero-order valence-corrected chi connectivity index (χ0v) is 17.9. The van der Waals surface area contributed by atoms with Gasteiger partial charge < -0.3 is 10.2 Å². The number of hydrogen-bond donors (Lipinski definition) is 1. The number of nitrogens with zero attached hydrogens (tertiary/aromatic N) is 2. The summed E-state index contributed by atoms with van der Waals surface area (Å²) in [6.45, 7) is 2.24. The van der Waals surface area contributed by atoms with Crippen LogP contribution in [0.1, 0.15) is 41.6 Å². The number of aromatic nitrogens is 1. The van der Waals surface area contributed by atoms with E-state index in [4.69, 9.17) is 0 Å². The molecule has 30 heavy (non-hydrogen) atoms. The number of carbonyl (C=O) groups is 1. The minimum absolute atomic E-state index is 0.0821. The van der Waals surface area contributed by atoms with Crippen LogP contribution in [0.3, 0.4) is 0 Å². The lowest BCUT2D eigenvalue weighted by molar-refractivity contribution is 0.102. The van der Waals surface area contributed by atoms with Gasteiger partial charge in [0.15, 0.2) is 0 Å². The molecule has 0 aliphatic carbocycles. The number of hydrogen-bond acceptors (Lipinski definition) is 4. The van der Waals surface area contributed by atoms with Crippen LogP contribution in [0.5, 0.6) is 0 Å². The fourth-order valence-corrected chi connectivity index (χ4v) is 4.47. The number of carbonyl (C=O) groups excluding carboxylic acids is 1. The molecule has 1 amide bonds. The maximum Gasteiger partial charge on any atom is 0.255 e. The molecular formula is C25H27N3OS. The number of thioether (sulfide) groups is 1. The van der Waals surface area contributed by atoms with Crippen molar-refractivity contribution in [2.24, 2.45) is 0 Å². The van der Waals surface area contributed by atoms with Gasteiger partial charge in [0.1, 0.15) is 0 Å². The highest BCUT2D eigenvalue weighted by Crippen LogP contribution is 2.24. The fraction of sp³-hybridized carbons (Fsp3) is 0.280. The van der Waals surface area contributed by atoms with Gasteiger partial charge >= 0.3 is 0 Å². The van der Waals surface area contributed by atoms with Crippen molar-refractivity contribution in [3.8, 4) is 0 Å². The van der Waals surface area contributed by atoms with Crippen molar-refractivity contribution >= 4 is 29.0 Å². The summed E-state index contributed by atoms with van der Waals surface area (Å²) in [7, 11) is 0. The second-order valence-electron chi connectivity index (χ2n) is 7.58. The second kappa shape index (κ2) is 10.3. The summed E-state index contributed by atoms with van der Waals surface area (Å²) in [4.78, 5) is 20.3. The van der Waals surface area contributed by atoms with Gasteiger partial charge in [0.25, 0.3) is 5.91 Å². The molecule has 2 heterocycles. The van der Waals surface area contributed by atoms with E-state index >= 15 is 0 Å². The Morgan fingerprint density at radius 1 is 0.933 bits per heavy atom. The summed E-state index contributed by atoms with van der Waals surface area (Å²) in [5.41, 5.74) is 3.92. The Balaban J connectivity index is 1.32. The molecule has 0 unspecified atom stereocenters. The van der Waals surface area contributed by atoms with Crippen molar-refractivity contribution in [1.82, 2.24) is 4.98 Å². The molecule has 4 nitrogen and oxygen atoms in total. The van der Waals surface area contributed by atoms with Crippen LogP contribution in [-0.4, -0.2) is 24.0 Å². The number of rotatable bonds is 6. The molecule has 3 aromatic rings. The van der Waals surface area contributed by atoms with Gasteiger partial charge in [0.2, 0.25) is 0 Å². The number of pyridine rings is 1. The standard InChI is InChI=1S/C25H27N3OS/c29-25(21-7-13-24(14-8-21)30-19-20-6-5-15-26-18-20)27-22-9-11-23(12-10-22)28-16-3-1-2-4-17-28/h5-15,18H,1-4,16-17,19H2,(H,27,29). The Labute approximate surface area is 182 Å². The molecule has 154 valence electrons. The van der Waals surface area contributed by atoms with Crippen LogP contribution in [0.15, 0.2) is 78.0 Å². The largest absolute Gasteiger partial charge is 0.372 e. The van der Waals surface area contributed by atoms with Crippen molar-refractivity contribution < 1.29 is 4.79 Å². The first kappa shape index (κ1) is 20.5. The van der Waals surface area contributed by atoms with Gasteiger partial charge in [-0.1, -0.05) is 18.9 Å². The molecule has 1 N–H and O–H groups in total. The number of anilines is 2. The first-order valence-electron chi connectivity index (χ1n) is 10.6. The average molecular weight is 418 g/mol. The molecular weight excluding hydrogens is 390 g/mol. The Bertz CT molecular complexity index is 934. The van der Waals surface area contributed by atoms with E-state index in [1.807, 2.05) is 48.7 Å². The molecule has 1 saturated heterocycles. The van der Waals surface area contributed by atoms with Crippen molar-refractivity contribution in [2.45, 2.75) is 36.3 Å². The molecule has 0 saturated carbocycles. The summed E-state index contributed by atoms with van der Waals surface area (Å²) < 4.78 is 0. The van der Waals surface area contributed by atoms with E-state index in [1.165, 1.54) is 36.9 Å². The zero-order chi connectivity index (χ0) is 20.6. The van der Waals surface area contributed by atoms with Gasteiger partial charge in [-0.05, 0) is 73.0 Å². The smallest absolute Gasteiger partial charge is 0.255 e. The molecule has 4 rings (SSSR count). The highest BCUT2D eigenvalue weighted by Gasteiger charge is 2.11. The summed E-state index contributed by atoms with van der Waals surface area (Å²) in [6, 6.07) is 20.0. The Kier molecular flexibility index (Phi) is 7.03. The SMILES string of the molecule is O=C(Nc1ccc(N2CCCCCC2)cc1)c1ccc(SCc2cccnc2)cc1. The van der Waals surface area contributed by atoms with E-state index in [0.29, 0.717) is 5.56 Å². The quantitative estimate of drug-likeness (QED) is 0.499. The van der Waals surface area contributed by atoms with Gasteiger partial charge in [-0.3, -0.25) is 9.78 Å². The van der Waals surface area contributed by atoms with Crippen molar-refractivity contribution in [1.29, 1.82) is 0 Å². The van der Waals surface area contributed by atoms with Gasteiger partial charge in [-0.2, -0.15) is 0 Å². The molecule has 0 radical (unpaired) electrons. The van der Waals surface area contributed by atoms with Crippen LogP contribution in [-0.2, 0) is 5.75 Å². The number of benzene rings is 2. The van der Waals surface area contributed by atoms with Gasteiger partial charge in [0.05, 0.1) is 0 Å². The molecule has 1 aliphatic rings. The topological polar surface area (TPSA) is 45.2 Å². The molecule has 2 aromatic carbocycles. The van der Waals surface area contributed by atoms with Crippen molar-refractivity contribution in [2.75, 3.05) is 23.3 Å². The van der Waals surface area contributed by atoms with E-state index < -0.39 is 0 Å². The molecule has 1 fully saturated rings. The summed E-state index contributed by atoms with van der Waals surface area (Å²) in [5.74, 6) is 0.782. The Morgan fingerprint density at radius 3 is 2.33 bits per heavy atom. The lowest BCUT2D eigenvalue weighted by atomic mass is 10.2. The third-order valence-corrected chi connectivity index (χ3v) is 6.42. The average Bonchev–Trinajstić information content (AvgIpc) is 3.09. The van der Waals surface area contributed by atoms with Gasteiger partial charge in [-0.25, -0.2) is 0 Å². The predicted molar refractivity (Wildman–Crippen MR) is 125 cm³/mol. The van der Waals surface area contributed by atoms with Crippen molar-refractivity contribution in [3.05, 3.63) is 84.2 Å². The third-order valence-electron chi connectivity index (χ3n) is 5.34. The molecule has 1 aromatic heterocycles. The lowest BCUT2D eigenvalue weighted by Crippen LogP contribution is -2.23. The van der Waals surface area contributed by atoms with E-state index in [0.717, 1.165) is 29.4 Å². The number of nitrogens with one attached hydrogen (secondary N) is 1. The zero-order valence-electron chi connectivity index (χ0n) is 17.1. The van der Waals surface area contributed by atoms with E-state index in [2.05, 4.69) is 33.4 Å². The highest BCUT2D eigenvalue weighted by molar-refractivity contribution is 7.98. The Hall–Kier alpha value is -2.79. The second-order valence-corrected chi connectivity index (χ2v) is 8.63. The van der Waals surface area contributed by atoms with Crippen LogP contribution >= 0.6 is 11.8 Å². The van der Waals surface area contributed by atoms with Crippen molar-refractivity contribution in [3.63, 3.8) is 0 Å². The third kappa shape index (κ3) is 5.63. The lowest BCUT2D eigenvalue weighted by Gasteiger charge is -2.22. The molecule has 5 heteroatoms. The normalized spacial score (nSPS) is 14.2. The summed E-state index contributed by atoms with van der Waals surface area (Å²) in [5, 5.41) is 3.01. The highest BCUT2D eigenvalue weighted by atomic mass is 32.2. The first-order chi connectivity index (χ1) is 14.8. The molecule has 0 bridgehead atoms. The van der Waals surface area contributed by atoms with Gasteiger partial charge in [0, 0.05) is 53.1 Å². The minimum atomic E-state index is -0.0821. The van der Waals surface area contributed by atoms with Crippen LogP contribution in [0, 0.1) is 0 Å². The maximum atomic E-state index is 12.6. The molecule has 0 atom stereocenters. The van der Waals surface area contributed by atoms with E-state index in [-0.39, 0.29) is 5.91 Å². The minimum Gasteiger partial charge on any atom is -0.372 e. The van der Waals surface area contributed by atoms with Crippen LogP contribution < -0.4 is 10.2 Å². The maximum absolute atomic E-state index is 12.6. The van der Waals surface area contributed by atoms with E-state index in [9.17, 15) is 4.79 Å². The number of amides is 1. The Morgan fingerprint density at radius 2 is 1.67 bits per heavy atom. The predicted octanol–water partition coefficient (Wildman–Crippen LogP) is 6.01. The van der Waals surface area contributed by atoms with E-state index in [1.54, 1.807) is 18.0 Å². The van der Waals surface area contributed by atoms with Gasteiger partial charge in [-0.15, -0.1) is 11.8 Å².